The van der Waals surface area contributed by atoms with Crippen molar-refractivity contribution in [3.05, 3.63) is 18.2 Å². The fraction of sp³-hybridized carbons (Fsp3) is 0.600. The van der Waals surface area contributed by atoms with Crippen LogP contribution in [0.15, 0.2) is 12.4 Å². The number of rotatable bonds is 4. The maximum Gasteiger partial charge on any atom is 0.498 e. The number of hydrogen-bond donors (Lipinski definition) is 0. The minimum absolute atomic E-state index is 0.00559. The van der Waals surface area contributed by atoms with Crippen molar-refractivity contribution in [3.8, 4) is 0 Å². The number of methoxy groups -OCH3 is 2. The van der Waals surface area contributed by atoms with Crippen LogP contribution in [0, 0.1) is 0 Å². The van der Waals surface area contributed by atoms with Gasteiger partial charge in [0.05, 0.1) is 25.4 Å². The normalized spacial score (nSPS) is 18.5. The van der Waals surface area contributed by atoms with Crippen molar-refractivity contribution in [3.63, 3.8) is 0 Å². The summed E-state index contributed by atoms with van der Waals surface area (Å²) in [5, 5.41) is 0. The lowest BCUT2D eigenvalue weighted by Crippen LogP contribution is -2.41. The molecule has 1 aliphatic heterocycles. The minimum Gasteiger partial charge on any atom is -0.468 e. The van der Waals surface area contributed by atoms with Gasteiger partial charge in [-0.15, -0.1) is 0 Å². The van der Waals surface area contributed by atoms with Crippen LogP contribution in [0.2, 0.25) is 0 Å². The van der Waals surface area contributed by atoms with Gasteiger partial charge < -0.3 is 18.8 Å². The van der Waals surface area contributed by atoms with Crippen molar-refractivity contribution < 1.29 is 28.4 Å². The summed E-state index contributed by atoms with van der Waals surface area (Å²) in [4.78, 5) is 31.7. The number of carbonyl (C=O) groups excluding carboxylic acids is 2. The van der Waals surface area contributed by atoms with E-state index in [0.717, 1.165) is 0 Å². The molecule has 24 heavy (non-hydrogen) atoms. The van der Waals surface area contributed by atoms with Gasteiger partial charge in [0.1, 0.15) is 0 Å². The van der Waals surface area contributed by atoms with Crippen LogP contribution in [-0.2, 0) is 28.4 Å². The molecule has 0 radical (unpaired) electrons. The van der Waals surface area contributed by atoms with Gasteiger partial charge in [0.2, 0.25) is 5.92 Å². The van der Waals surface area contributed by atoms with Crippen LogP contribution in [0.4, 0.5) is 0 Å². The molecule has 2 rings (SSSR count). The number of ether oxygens (including phenoxy) is 2. The first-order chi connectivity index (χ1) is 11.1. The van der Waals surface area contributed by atoms with E-state index in [2.05, 4.69) is 19.4 Å². The van der Waals surface area contributed by atoms with Crippen LogP contribution in [0.25, 0.3) is 0 Å². The standard InChI is InChI=1S/C15H21BN2O6/c1-14(2)15(3,4)24-16(23-14)9-7-17-11(18-8-9)10(12(19)21-5)13(20)22-6/h7-8,10H,1-6H3. The highest BCUT2D eigenvalue weighted by atomic mass is 16.7. The van der Waals surface area contributed by atoms with E-state index in [-0.39, 0.29) is 5.82 Å². The molecule has 1 aromatic rings. The SMILES string of the molecule is COC(=O)C(C(=O)OC)c1ncc(B2OC(C)(C)C(C)(C)O2)cn1. The number of carbonyl (C=O) groups is 2. The van der Waals surface area contributed by atoms with Crippen molar-refractivity contribution in [2.45, 2.75) is 44.8 Å². The molecule has 0 aromatic carbocycles. The van der Waals surface area contributed by atoms with E-state index in [4.69, 9.17) is 9.31 Å². The monoisotopic (exact) mass is 336 g/mol. The van der Waals surface area contributed by atoms with Crippen molar-refractivity contribution in [1.29, 1.82) is 0 Å². The molecule has 0 saturated carbocycles. The van der Waals surface area contributed by atoms with Gasteiger partial charge in [0.25, 0.3) is 0 Å². The first-order valence-electron chi connectivity index (χ1n) is 7.46. The molecule has 1 aliphatic rings. The van der Waals surface area contributed by atoms with Crippen molar-refractivity contribution >= 4 is 24.5 Å². The number of aromatic nitrogens is 2. The van der Waals surface area contributed by atoms with Gasteiger partial charge in [-0.3, -0.25) is 9.59 Å². The van der Waals surface area contributed by atoms with Crippen molar-refractivity contribution in [2.24, 2.45) is 0 Å². The second kappa shape index (κ2) is 6.48. The first-order valence-corrected chi connectivity index (χ1v) is 7.46. The lowest BCUT2D eigenvalue weighted by molar-refractivity contribution is -0.154. The van der Waals surface area contributed by atoms with Crippen molar-refractivity contribution in [1.82, 2.24) is 9.97 Å². The summed E-state index contributed by atoms with van der Waals surface area (Å²) in [5.41, 5.74) is -0.390. The predicted molar refractivity (Wildman–Crippen MR) is 84.5 cm³/mol. The lowest BCUT2D eigenvalue weighted by atomic mass is 9.81. The average Bonchev–Trinajstić information content (AvgIpc) is 2.75. The molecular formula is C15H21BN2O6. The number of nitrogens with zero attached hydrogens (tertiary/aromatic N) is 2. The molecule has 9 heteroatoms. The summed E-state index contributed by atoms with van der Waals surface area (Å²) < 4.78 is 21.0. The van der Waals surface area contributed by atoms with E-state index < -0.39 is 36.2 Å². The molecule has 0 atom stereocenters. The van der Waals surface area contributed by atoms with E-state index in [1.165, 1.54) is 26.6 Å². The van der Waals surface area contributed by atoms with E-state index in [1.54, 1.807) is 0 Å². The van der Waals surface area contributed by atoms with Gasteiger partial charge >= 0.3 is 19.1 Å². The van der Waals surface area contributed by atoms with Crippen LogP contribution < -0.4 is 5.46 Å². The van der Waals surface area contributed by atoms with Crippen LogP contribution >= 0.6 is 0 Å². The first kappa shape index (κ1) is 18.3. The van der Waals surface area contributed by atoms with Crippen LogP contribution in [0.5, 0.6) is 0 Å². The second-order valence-corrected chi connectivity index (χ2v) is 6.44. The number of hydrogen-bond acceptors (Lipinski definition) is 8. The Balaban J connectivity index is 2.25. The fourth-order valence-electron chi connectivity index (χ4n) is 2.14. The van der Waals surface area contributed by atoms with E-state index in [0.29, 0.717) is 5.46 Å². The molecule has 0 bridgehead atoms. The molecule has 8 nitrogen and oxygen atoms in total. The molecule has 0 amide bonds. The van der Waals surface area contributed by atoms with Crippen LogP contribution in [0.1, 0.15) is 39.4 Å². The van der Waals surface area contributed by atoms with Gasteiger partial charge in [0, 0.05) is 17.9 Å². The average molecular weight is 336 g/mol. The Morgan fingerprint density at radius 2 is 1.42 bits per heavy atom. The Labute approximate surface area is 141 Å². The summed E-state index contributed by atoms with van der Waals surface area (Å²) >= 11 is 0. The molecule has 0 unspecified atom stereocenters. The second-order valence-electron chi connectivity index (χ2n) is 6.44. The summed E-state index contributed by atoms with van der Waals surface area (Å²) in [7, 11) is 1.73. The molecule has 1 aromatic heterocycles. The van der Waals surface area contributed by atoms with Crippen LogP contribution in [-0.4, -0.2) is 54.4 Å². The number of esters is 2. The van der Waals surface area contributed by atoms with Crippen molar-refractivity contribution in [2.75, 3.05) is 14.2 Å². The topological polar surface area (TPSA) is 96.8 Å². The molecule has 0 aliphatic carbocycles. The summed E-state index contributed by atoms with van der Waals surface area (Å²) in [6.45, 7) is 7.75. The third-order valence-corrected chi connectivity index (χ3v) is 4.35. The highest BCUT2D eigenvalue weighted by molar-refractivity contribution is 6.61. The molecular weight excluding hydrogens is 315 g/mol. The summed E-state index contributed by atoms with van der Waals surface area (Å²) in [5.74, 6) is -2.91. The Kier molecular flexibility index (Phi) is 4.96. The molecule has 0 spiro atoms. The molecule has 0 N–H and O–H groups in total. The third kappa shape index (κ3) is 3.27. The zero-order valence-electron chi connectivity index (χ0n) is 14.7. The zero-order chi connectivity index (χ0) is 18.1. The molecule has 130 valence electrons. The van der Waals surface area contributed by atoms with E-state index >= 15 is 0 Å². The molecule has 1 fully saturated rings. The predicted octanol–water partition coefficient (Wildman–Crippen LogP) is 0.205. The lowest BCUT2D eigenvalue weighted by Gasteiger charge is -2.32. The Hall–Kier alpha value is -2.00. The Bertz CT molecular complexity index is 599. The fourth-order valence-corrected chi connectivity index (χ4v) is 2.14. The van der Waals surface area contributed by atoms with E-state index in [9.17, 15) is 9.59 Å². The van der Waals surface area contributed by atoms with Gasteiger partial charge in [-0.1, -0.05) is 0 Å². The summed E-state index contributed by atoms with van der Waals surface area (Å²) in [6.07, 6.45) is 2.92. The maximum absolute atomic E-state index is 11.8. The maximum atomic E-state index is 11.8. The van der Waals surface area contributed by atoms with Gasteiger partial charge in [-0.25, -0.2) is 9.97 Å². The highest BCUT2D eigenvalue weighted by Gasteiger charge is 2.52. The summed E-state index contributed by atoms with van der Waals surface area (Å²) in [6, 6.07) is 0. The smallest absolute Gasteiger partial charge is 0.468 e. The van der Waals surface area contributed by atoms with Crippen LogP contribution in [0.3, 0.4) is 0 Å². The third-order valence-electron chi connectivity index (χ3n) is 4.35. The molecule has 1 saturated heterocycles. The van der Waals surface area contributed by atoms with Gasteiger partial charge in [-0.2, -0.15) is 0 Å². The largest absolute Gasteiger partial charge is 0.498 e. The Morgan fingerprint density at radius 1 is 1.00 bits per heavy atom. The van der Waals surface area contributed by atoms with Gasteiger partial charge in [0.15, 0.2) is 5.82 Å². The molecule has 2 heterocycles. The van der Waals surface area contributed by atoms with Gasteiger partial charge in [-0.05, 0) is 27.7 Å². The quantitative estimate of drug-likeness (QED) is 0.437. The zero-order valence-corrected chi connectivity index (χ0v) is 14.7. The highest BCUT2D eigenvalue weighted by Crippen LogP contribution is 2.36. The van der Waals surface area contributed by atoms with E-state index in [1.807, 2.05) is 27.7 Å². The Morgan fingerprint density at radius 3 is 1.79 bits per heavy atom. The minimum atomic E-state index is -1.33.